The first-order valence-electron chi connectivity index (χ1n) is 6.49. The molecule has 2 rings (SSSR count). The molecule has 1 aromatic carbocycles. The van der Waals surface area contributed by atoms with Gasteiger partial charge in [-0.25, -0.2) is 0 Å². The van der Waals surface area contributed by atoms with Crippen molar-refractivity contribution < 1.29 is 0 Å². The van der Waals surface area contributed by atoms with Crippen molar-refractivity contribution in [3.05, 3.63) is 58.7 Å². The third kappa shape index (κ3) is 2.52. The Morgan fingerprint density at radius 1 is 1.24 bits per heavy atom. The lowest BCUT2D eigenvalue weighted by atomic mass is 9.90. The number of aryl methyl sites for hydroxylation is 1. The fourth-order valence-electron chi connectivity index (χ4n) is 2.66. The zero-order valence-corrected chi connectivity index (χ0v) is 11.2. The smallest absolute Gasteiger partial charge is 0.0116 e. The average molecular weight is 226 g/mol. The van der Waals surface area contributed by atoms with Crippen molar-refractivity contribution in [2.75, 3.05) is 0 Å². The molecule has 0 saturated carbocycles. The van der Waals surface area contributed by atoms with Crippen molar-refractivity contribution in [3.8, 4) is 0 Å². The molecule has 1 unspecified atom stereocenters. The van der Waals surface area contributed by atoms with Gasteiger partial charge in [0.05, 0.1) is 0 Å². The highest BCUT2D eigenvalue weighted by Crippen LogP contribution is 2.38. The Hall–Kier alpha value is -1.30. The molecule has 0 aromatic heterocycles. The van der Waals surface area contributed by atoms with E-state index in [1.54, 1.807) is 11.1 Å². The van der Waals surface area contributed by atoms with E-state index in [4.69, 9.17) is 0 Å². The number of hydrogen-bond acceptors (Lipinski definition) is 0. The first-order chi connectivity index (χ1) is 8.09. The molecule has 1 atom stereocenters. The van der Waals surface area contributed by atoms with Gasteiger partial charge in [0.2, 0.25) is 0 Å². The van der Waals surface area contributed by atoms with Crippen molar-refractivity contribution in [1.29, 1.82) is 0 Å². The fourth-order valence-corrected chi connectivity index (χ4v) is 2.66. The van der Waals surface area contributed by atoms with Gasteiger partial charge < -0.3 is 0 Å². The molecule has 1 aliphatic carbocycles. The quantitative estimate of drug-likeness (QED) is 0.635. The molecule has 0 N–H and O–H groups in total. The molecule has 0 fully saturated rings. The Labute approximate surface area is 105 Å². The Kier molecular flexibility index (Phi) is 3.51. The fraction of sp³-hybridized carbons (Fsp3) is 0.412. The molecule has 17 heavy (non-hydrogen) atoms. The zero-order valence-electron chi connectivity index (χ0n) is 11.2. The topological polar surface area (TPSA) is 0 Å². The lowest BCUT2D eigenvalue weighted by molar-refractivity contribution is 0.673. The van der Waals surface area contributed by atoms with Crippen molar-refractivity contribution in [2.24, 2.45) is 0 Å². The molecule has 0 heteroatoms. The predicted octanol–water partition coefficient (Wildman–Crippen LogP) is 5.02. The maximum atomic E-state index is 4.25. The van der Waals surface area contributed by atoms with E-state index in [0.717, 1.165) is 6.42 Å². The van der Waals surface area contributed by atoms with Crippen molar-refractivity contribution in [3.63, 3.8) is 0 Å². The van der Waals surface area contributed by atoms with Gasteiger partial charge in [0, 0.05) is 0 Å². The molecule has 90 valence electrons. The van der Waals surface area contributed by atoms with Gasteiger partial charge in [0.1, 0.15) is 0 Å². The van der Waals surface area contributed by atoms with Crippen LogP contribution in [0, 0.1) is 0 Å². The van der Waals surface area contributed by atoms with Crippen molar-refractivity contribution in [2.45, 2.75) is 46.0 Å². The highest BCUT2D eigenvalue weighted by Gasteiger charge is 2.22. The zero-order chi connectivity index (χ0) is 12.4. The van der Waals surface area contributed by atoms with Gasteiger partial charge >= 0.3 is 0 Å². The minimum atomic E-state index is 0.688. The van der Waals surface area contributed by atoms with Crippen LogP contribution in [0.15, 0.2) is 47.6 Å². The van der Waals surface area contributed by atoms with Gasteiger partial charge in [-0.15, -0.1) is 0 Å². The van der Waals surface area contributed by atoms with E-state index in [1.807, 2.05) is 0 Å². The normalized spacial score (nSPS) is 17.7. The van der Waals surface area contributed by atoms with E-state index >= 15 is 0 Å². The van der Waals surface area contributed by atoms with E-state index in [1.165, 1.54) is 29.6 Å². The SMILES string of the molecule is C=C(CC1CCc2ccccc21)C(C)=C(C)C. The second-order valence-corrected chi connectivity index (χ2v) is 5.37. The predicted molar refractivity (Wildman–Crippen MR) is 75.3 cm³/mol. The summed E-state index contributed by atoms with van der Waals surface area (Å²) in [4.78, 5) is 0. The van der Waals surface area contributed by atoms with Crippen LogP contribution >= 0.6 is 0 Å². The molecule has 0 nitrogen and oxygen atoms in total. The van der Waals surface area contributed by atoms with Gasteiger partial charge in [0.15, 0.2) is 0 Å². The first kappa shape index (κ1) is 12.2. The van der Waals surface area contributed by atoms with Crippen LogP contribution in [0.25, 0.3) is 0 Å². The van der Waals surface area contributed by atoms with Crippen molar-refractivity contribution >= 4 is 0 Å². The van der Waals surface area contributed by atoms with Crippen LogP contribution in [0.1, 0.15) is 50.7 Å². The van der Waals surface area contributed by atoms with Gasteiger partial charge in [-0.05, 0) is 62.7 Å². The summed E-state index contributed by atoms with van der Waals surface area (Å²) in [5.74, 6) is 0.688. The monoisotopic (exact) mass is 226 g/mol. The van der Waals surface area contributed by atoms with Crippen LogP contribution in [0.4, 0.5) is 0 Å². The molecule has 0 amide bonds. The lowest BCUT2D eigenvalue weighted by Gasteiger charge is -2.15. The Morgan fingerprint density at radius 2 is 1.94 bits per heavy atom. The molecular formula is C17H22. The van der Waals surface area contributed by atoms with E-state index in [-0.39, 0.29) is 0 Å². The summed E-state index contributed by atoms with van der Waals surface area (Å²) in [5, 5.41) is 0. The summed E-state index contributed by atoms with van der Waals surface area (Å²) in [6.45, 7) is 10.8. The van der Waals surface area contributed by atoms with Gasteiger partial charge in [-0.3, -0.25) is 0 Å². The summed E-state index contributed by atoms with van der Waals surface area (Å²) >= 11 is 0. The molecule has 0 aliphatic heterocycles. The second kappa shape index (κ2) is 4.91. The van der Waals surface area contributed by atoms with Gasteiger partial charge in [-0.1, -0.05) is 42.0 Å². The summed E-state index contributed by atoms with van der Waals surface area (Å²) in [6, 6.07) is 8.87. The number of fused-ring (bicyclic) bond motifs is 1. The Morgan fingerprint density at radius 3 is 2.65 bits per heavy atom. The highest BCUT2D eigenvalue weighted by atomic mass is 14.3. The first-order valence-corrected chi connectivity index (χ1v) is 6.49. The molecule has 1 aliphatic rings. The van der Waals surface area contributed by atoms with Crippen LogP contribution in [-0.4, -0.2) is 0 Å². The van der Waals surface area contributed by atoms with Gasteiger partial charge in [-0.2, -0.15) is 0 Å². The number of benzene rings is 1. The van der Waals surface area contributed by atoms with E-state index in [0.29, 0.717) is 5.92 Å². The Bertz CT molecular complexity index is 459. The van der Waals surface area contributed by atoms with Crippen LogP contribution < -0.4 is 0 Å². The van der Waals surface area contributed by atoms with E-state index in [9.17, 15) is 0 Å². The summed E-state index contributed by atoms with van der Waals surface area (Å²) in [5.41, 5.74) is 7.18. The summed E-state index contributed by atoms with van der Waals surface area (Å²) in [6.07, 6.45) is 3.64. The summed E-state index contributed by atoms with van der Waals surface area (Å²) < 4.78 is 0. The lowest BCUT2D eigenvalue weighted by Crippen LogP contribution is -1.97. The molecule has 0 saturated heterocycles. The average Bonchev–Trinajstić information content (AvgIpc) is 2.71. The molecule has 1 aromatic rings. The van der Waals surface area contributed by atoms with Crippen LogP contribution in [-0.2, 0) is 6.42 Å². The molecule has 0 bridgehead atoms. The summed E-state index contributed by atoms with van der Waals surface area (Å²) in [7, 11) is 0. The largest absolute Gasteiger partial charge is 0.0955 e. The molecular weight excluding hydrogens is 204 g/mol. The minimum absolute atomic E-state index is 0.688. The molecule has 0 spiro atoms. The maximum Gasteiger partial charge on any atom is -0.0116 e. The van der Waals surface area contributed by atoms with Crippen molar-refractivity contribution in [1.82, 2.24) is 0 Å². The van der Waals surface area contributed by atoms with E-state index in [2.05, 4.69) is 51.6 Å². The number of rotatable bonds is 3. The third-order valence-corrected chi connectivity index (χ3v) is 4.03. The van der Waals surface area contributed by atoms with Gasteiger partial charge in [0.25, 0.3) is 0 Å². The standard InChI is InChI=1S/C17H22/c1-12(2)14(4)13(3)11-16-10-9-15-7-5-6-8-17(15)16/h5-8,16H,3,9-11H2,1-2,4H3. The van der Waals surface area contributed by atoms with Crippen LogP contribution in [0.2, 0.25) is 0 Å². The number of hydrogen-bond donors (Lipinski definition) is 0. The van der Waals surface area contributed by atoms with E-state index < -0.39 is 0 Å². The van der Waals surface area contributed by atoms with Crippen LogP contribution in [0.3, 0.4) is 0 Å². The maximum absolute atomic E-state index is 4.25. The highest BCUT2D eigenvalue weighted by molar-refractivity contribution is 5.38. The second-order valence-electron chi connectivity index (χ2n) is 5.37. The van der Waals surface area contributed by atoms with Crippen LogP contribution in [0.5, 0.6) is 0 Å². The molecule has 0 radical (unpaired) electrons. The Balaban J connectivity index is 2.13. The minimum Gasteiger partial charge on any atom is -0.0955 e. The molecule has 0 heterocycles. The number of allylic oxidation sites excluding steroid dienone is 3. The third-order valence-electron chi connectivity index (χ3n) is 4.03.